The van der Waals surface area contributed by atoms with Gasteiger partial charge in [0.25, 0.3) is 0 Å². The van der Waals surface area contributed by atoms with Gasteiger partial charge in [-0.3, -0.25) is 4.79 Å². The van der Waals surface area contributed by atoms with Crippen LogP contribution < -0.4 is 0 Å². The maximum Gasteiger partial charge on any atom is 0.143 e. The Kier molecular flexibility index (Phi) is 3.29. The SMILES string of the molecule is [18O]=CC=C(c1ccccc1)c1ccccc1. The van der Waals surface area contributed by atoms with Crippen molar-refractivity contribution >= 4 is 11.9 Å². The first-order valence-electron chi connectivity index (χ1n) is 5.18. The smallest absolute Gasteiger partial charge is 0.143 e. The number of rotatable bonds is 3. The fourth-order valence-electron chi connectivity index (χ4n) is 1.66. The highest BCUT2D eigenvalue weighted by Crippen LogP contribution is 2.22. The van der Waals surface area contributed by atoms with E-state index in [0.29, 0.717) is 0 Å². The first-order valence-corrected chi connectivity index (χ1v) is 5.18. The second-order valence-corrected chi connectivity index (χ2v) is 3.45. The van der Waals surface area contributed by atoms with Crippen molar-refractivity contribution in [3.63, 3.8) is 0 Å². The van der Waals surface area contributed by atoms with Gasteiger partial charge in [0.2, 0.25) is 0 Å². The van der Waals surface area contributed by atoms with Crippen molar-refractivity contribution in [3.8, 4) is 0 Å². The molecule has 0 amide bonds. The molecule has 78 valence electrons. The highest BCUT2D eigenvalue weighted by Gasteiger charge is 2.02. The Morgan fingerprint density at radius 1 is 0.750 bits per heavy atom. The van der Waals surface area contributed by atoms with Gasteiger partial charge in [-0.2, -0.15) is 0 Å². The minimum atomic E-state index is 0.829. The van der Waals surface area contributed by atoms with E-state index in [2.05, 4.69) is 0 Å². The molecule has 1 heteroatoms. The predicted octanol–water partition coefficient (Wildman–Crippen LogP) is 3.32. The lowest BCUT2D eigenvalue weighted by atomic mass is 9.98. The molecule has 0 heterocycles. The molecule has 0 saturated heterocycles. The highest BCUT2D eigenvalue weighted by atomic mass is 18.1. The van der Waals surface area contributed by atoms with Gasteiger partial charge in [-0.05, 0) is 22.8 Å². The lowest BCUT2D eigenvalue weighted by molar-refractivity contribution is -0.104. The maximum atomic E-state index is 10.7. The summed E-state index contributed by atoms with van der Waals surface area (Å²) in [6, 6.07) is 19.8. The summed E-state index contributed by atoms with van der Waals surface area (Å²) in [5.74, 6) is 0. The van der Waals surface area contributed by atoms with Crippen molar-refractivity contribution in [2.75, 3.05) is 0 Å². The Hall–Kier alpha value is -2.15. The molecule has 0 saturated carbocycles. The third kappa shape index (κ3) is 2.26. The number of hydrogen-bond donors (Lipinski definition) is 0. The van der Waals surface area contributed by atoms with Crippen LogP contribution in [0.4, 0.5) is 0 Å². The van der Waals surface area contributed by atoms with Gasteiger partial charge in [0.05, 0.1) is 0 Å². The van der Waals surface area contributed by atoms with Gasteiger partial charge >= 0.3 is 0 Å². The third-order valence-corrected chi connectivity index (χ3v) is 2.40. The average molecular weight is 210 g/mol. The van der Waals surface area contributed by atoms with Crippen molar-refractivity contribution in [1.82, 2.24) is 0 Å². The minimum Gasteiger partial charge on any atom is -0.299 e. The van der Waals surface area contributed by atoms with E-state index in [-0.39, 0.29) is 0 Å². The van der Waals surface area contributed by atoms with Gasteiger partial charge in [-0.25, -0.2) is 0 Å². The van der Waals surface area contributed by atoms with Crippen molar-refractivity contribution in [2.24, 2.45) is 0 Å². The second kappa shape index (κ2) is 5.08. The second-order valence-electron chi connectivity index (χ2n) is 3.45. The van der Waals surface area contributed by atoms with Crippen LogP contribution in [0.5, 0.6) is 0 Å². The summed E-state index contributed by atoms with van der Waals surface area (Å²) >= 11 is 0. The molecule has 0 unspecified atom stereocenters. The standard InChI is InChI=1S/C15H12O/c16-12-11-15(13-7-3-1-4-8-13)14-9-5-2-6-10-14/h1-12H/i16+2. The van der Waals surface area contributed by atoms with E-state index >= 15 is 0 Å². The lowest BCUT2D eigenvalue weighted by Crippen LogP contribution is -1.87. The average Bonchev–Trinajstić information content (AvgIpc) is 2.38. The molecular weight excluding hydrogens is 198 g/mol. The van der Waals surface area contributed by atoms with Gasteiger partial charge in [0.15, 0.2) is 0 Å². The molecule has 0 aliphatic carbocycles. The Morgan fingerprint density at radius 3 is 1.56 bits per heavy atom. The Bertz CT molecular complexity index is 442. The third-order valence-electron chi connectivity index (χ3n) is 2.40. The molecule has 1 nitrogen and oxygen atoms in total. The summed E-state index contributed by atoms with van der Waals surface area (Å²) in [5, 5.41) is 0. The van der Waals surface area contributed by atoms with Crippen LogP contribution >= 0.6 is 0 Å². The minimum absolute atomic E-state index is 0.829. The first-order chi connectivity index (χ1) is 7.92. The van der Waals surface area contributed by atoms with Crippen molar-refractivity contribution in [1.29, 1.82) is 0 Å². The molecule has 16 heavy (non-hydrogen) atoms. The van der Waals surface area contributed by atoms with E-state index in [1.807, 2.05) is 60.7 Å². The van der Waals surface area contributed by atoms with Crippen molar-refractivity contribution < 1.29 is 4.79 Å². The van der Waals surface area contributed by atoms with Crippen LogP contribution in [0.2, 0.25) is 0 Å². The number of carbonyl (C=O) groups is 1. The Labute approximate surface area is 95.1 Å². The number of benzene rings is 2. The summed E-state index contributed by atoms with van der Waals surface area (Å²) in [6.45, 7) is 0. The summed E-state index contributed by atoms with van der Waals surface area (Å²) in [4.78, 5) is 10.7. The zero-order chi connectivity index (χ0) is 11.2. The molecule has 0 atom stereocenters. The Balaban J connectivity index is 2.48. The van der Waals surface area contributed by atoms with E-state index in [4.69, 9.17) is 0 Å². The highest BCUT2D eigenvalue weighted by molar-refractivity contribution is 5.89. The van der Waals surface area contributed by atoms with Crippen LogP contribution in [0.15, 0.2) is 66.7 Å². The molecule has 2 rings (SSSR count). The Morgan fingerprint density at radius 2 is 1.19 bits per heavy atom. The van der Waals surface area contributed by atoms with E-state index in [9.17, 15) is 4.79 Å². The van der Waals surface area contributed by atoms with E-state index in [1.54, 1.807) is 6.08 Å². The lowest BCUT2D eigenvalue weighted by Gasteiger charge is -2.06. The van der Waals surface area contributed by atoms with E-state index in [1.165, 1.54) is 0 Å². The van der Waals surface area contributed by atoms with Gasteiger partial charge in [-0.1, -0.05) is 60.7 Å². The van der Waals surface area contributed by atoms with Crippen LogP contribution in [0.25, 0.3) is 5.57 Å². The zero-order valence-electron chi connectivity index (χ0n) is 8.84. The number of carbonyl (C=O) groups excluding carboxylic acids is 1. The van der Waals surface area contributed by atoms with Gasteiger partial charge in [0, 0.05) is 0 Å². The summed E-state index contributed by atoms with van der Waals surface area (Å²) < 4.78 is 0. The van der Waals surface area contributed by atoms with Gasteiger partial charge < -0.3 is 0 Å². The van der Waals surface area contributed by atoms with E-state index in [0.717, 1.165) is 23.0 Å². The molecule has 0 aliphatic rings. The summed E-state index contributed by atoms with van der Waals surface area (Å²) in [5.41, 5.74) is 3.07. The molecule has 0 aliphatic heterocycles. The van der Waals surface area contributed by atoms with Crippen molar-refractivity contribution in [2.45, 2.75) is 0 Å². The molecule has 2 aromatic rings. The summed E-state index contributed by atoms with van der Waals surface area (Å²) in [7, 11) is 0. The molecule has 0 radical (unpaired) electrons. The normalized spacial score (nSPS) is 9.50. The van der Waals surface area contributed by atoms with E-state index < -0.39 is 0 Å². The molecule has 0 fully saturated rings. The van der Waals surface area contributed by atoms with Crippen LogP contribution in [-0.4, -0.2) is 6.29 Å². The number of allylic oxidation sites excluding steroid dienone is 1. The molecule has 0 spiro atoms. The predicted molar refractivity (Wildman–Crippen MR) is 66.0 cm³/mol. The molecule has 2 aromatic carbocycles. The number of aldehydes is 1. The van der Waals surface area contributed by atoms with Crippen molar-refractivity contribution in [3.05, 3.63) is 77.9 Å². The largest absolute Gasteiger partial charge is 0.299 e. The molecular formula is C15H12O. The maximum absolute atomic E-state index is 10.7. The molecule has 0 bridgehead atoms. The van der Waals surface area contributed by atoms with Crippen LogP contribution in [0.3, 0.4) is 0 Å². The monoisotopic (exact) mass is 210 g/mol. The molecule has 0 aromatic heterocycles. The quantitative estimate of drug-likeness (QED) is 0.431. The fraction of sp³-hybridized carbons (Fsp3) is 0. The number of hydrogen-bond acceptors (Lipinski definition) is 1. The first kappa shape index (κ1) is 10.4. The van der Waals surface area contributed by atoms with Gasteiger partial charge in [-0.15, -0.1) is 0 Å². The topological polar surface area (TPSA) is 17.1 Å². The van der Waals surface area contributed by atoms with Gasteiger partial charge in [0.1, 0.15) is 6.29 Å². The fourth-order valence-corrected chi connectivity index (χ4v) is 1.66. The van der Waals surface area contributed by atoms with Crippen LogP contribution in [0.1, 0.15) is 11.1 Å². The zero-order valence-corrected chi connectivity index (χ0v) is 8.84. The van der Waals surface area contributed by atoms with Crippen LogP contribution in [0, 0.1) is 0 Å². The van der Waals surface area contributed by atoms with Crippen LogP contribution in [-0.2, 0) is 4.79 Å². The molecule has 0 N–H and O–H groups in total. The summed E-state index contributed by atoms with van der Waals surface area (Å²) in [6.07, 6.45) is 2.43.